The number of nitrogen functional groups attached to an aromatic ring is 1. The van der Waals surface area contributed by atoms with Gasteiger partial charge >= 0.3 is 5.97 Å². The van der Waals surface area contributed by atoms with Crippen molar-refractivity contribution >= 4 is 51.5 Å². The van der Waals surface area contributed by atoms with Crippen molar-refractivity contribution in [3.8, 4) is 0 Å². The second-order valence-corrected chi connectivity index (χ2v) is 6.90. The van der Waals surface area contributed by atoms with E-state index in [2.05, 4.69) is 10.2 Å². The Hall–Kier alpha value is -3.10. The van der Waals surface area contributed by atoms with Crippen molar-refractivity contribution in [3.05, 3.63) is 68.2 Å². The zero-order valence-electron chi connectivity index (χ0n) is 14.5. The van der Waals surface area contributed by atoms with Crippen molar-refractivity contribution in [2.45, 2.75) is 6.61 Å². The van der Waals surface area contributed by atoms with Gasteiger partial charge in [-0.3, -0.25) is 13.8 Å². The van der Waals surface area contributed by atoms with Gasteiger partial charge in [-0.15, -0.1) is 10.2 Å². The Morgan fingerprint density at radius 2 is 1.96 bits per heavy atom. The molecular formula is C18H13Cl2N5O3. The Morgan fingerprint density at radius 3 is 2.75 bits per heavy atom. The van der Waals surface area contributed by atoms with E-state index in [0.29, 0.717) is 22.5 Å². The molecule has 4 aromatic rings. The average molecular weight is 418 g/mol. The molecule has 0 amide bonds. The average Bonchev–Trinajstić information content (AvgIpc) is 3.11. The minimum atomic E-state index is -0.701. The molecule has 2 N–H and O–H groups in total. The lowest BCUT2D eigenvalue weighted by molar-refractivity contribution is 0.0462. The van der Waals surface area contributed by atoms with Crippen molar-refractivity contribution in [1.29, 1.82) is 0 Å². The Labute approximate surface area is 168 Å². The van der Waals surface area contributed by atoms with Gasteiger partial charge in [0.1, 0.15) is 0 Å². The molecule has 0 saturated carbocycles. The Kier molecular flexibility index (Phi) is 4.44. The monoisotopic (exact) mass is 417 g/mol. The van der Waals surface area contributed by atoms with Gasteiger partial charge in [0.2, 0.25) is 5.78 Å². The molecule has 0 radical (unpaired) electrons. The molecule has 142 valence electrons. The van der Waals surface area contributed by atoms with Crippen LogP contribution >= 0.6 is 23.2 Å². The number of carbonyl (C=O) groups excluding carboxylic acids is 1. The number of esters is 1. The highest BCUT2D eigenvalue weighted by Gasteiger charge is 2.18. The summed E-state index contributed by atoms with van der Waals surface area (Å²) in [4.78, 5) is 24.9. The molecule has 2 aromatic heterocycles. The van der Waals surface area contributed by atoms with Crippen LogP contribution in [-0.2, 0) is 18.4 Å². The van der Waals surface area contributed by atoms with Gasteiger partial charge in [0.15, 0.2) is 12.4 Å². The topological polar surface area (TPSA) is 105 Å². The number of fused-ring (bicyclic) bond motifs is 3. The van der Waals surface area contributed by atoms with E-state index in [-0.39, 0.29) is 33.5 Å². The number of aryl methyl sites for hydroxylation is 1. The summed E-state index contributed by atoms with van der Waals surface area (Å²) >= 11 is 11.9. The maximum Gasteiger partial charge on any atom is 0.340 e. The van der Waals surface area contributed by atoms with E-state index < -0.39 is 5.97 Å². The van der Waals surface area contributed by atoms with E-state index in [4.69, 9.17) is 33.7 Å². The third-order valence-corrected chi connectivity index (χ3v) is 4.87. The first kappa shape index (κ1) is 18.3. The van der Waals surface area contributed by atoms with E-state index in [9.17, 15) is 9.59 Å². The van der Waals surface area contributed by atoms with Gasteiger partial charge in [-0.05, 0) is 24.3 Å². The summed E-state index contributed by atoms with van der Waals surface area (Å²) in [6, 6.07) is 9.87. The fourth-order valence-electron chi connectivity index (χ4n) is 2.95. The van der Waals surface area contributed by atoms with Crippen LogP contribution in [0.2, 0.25) is 10.0 Å². The van der Waals surface area contributed by atoms with Crippen molar-refractivity contribution in [3.63, 3.8) is 0 Å². The second-order valence-electron chi connectivity index (χ2n) is 6.06. The quantitative estimate of drug-likeness (QED) is 0.405. The summed E-state index contributed by atoms with van der Waals surface area (Å²) in [6.07, 6.45) is 0. The van der Waals surface area contributed by atoms with E-state index in [1.165, 1.54) is 16.7 Å². The van der Waals surface area contributed by atoms with Crippen molar-refractivity contribution in [2.75, 3.05) is 5.73 Å². The van der Waals surface area contributed by atoms with Gasteiger partial charge in [0.05, 0.1) is 27.2 Å². The fourth-order valence-corrected chi connectivity index (χ4v) is 3.44. The number of hydrogen-bond acceptors (Lipinski definition) is 6. The van der Waals surface area contributed by atoms with E-state index in [1.54, 1.807) is 35.7 Å². The summed E-state index contributed by atoms with van der Waals surface area (Å²) in [5.74, 6) is -0.0188. The third kappa shape index (κ3) is 2.87. The normalized spacial score (nSPS) is 11.2. The number of ether oxygens (including phenoxy) is 1. The first-order valence-corrected chi connectivity index (χ1v) is 8.87. The summed E-state index contributed by atoms with van der Waals surface area (Å²) in [6.45, 7) is -0.189. The van der Waals surface area contributed by atoms with Crippen molar-refractivity contribution in [1.82, 2.24) is 19.2 Å². The Morgan fingerprint density at radius 1 is 1.21 bits per heavy atom. The first-order valence-electron chi connectivity index (χ1n) is 8.12. The van der Waals surface area contributed by atoms with Crippen LogP contribution in [0.25, 0.3) is 16.7 Å². The first-order chi connectivity index (χ1) is 13.4. The van der Waals surface area contributed by atoms with Crippen LogP contribution < -0.4 is 11.3 Å². The van der Waals surface area contributed by atoms with Crippen LogP contribution in [-0.4, -0.2) is 25.1 Å². The van der Waals surface area contributed by atoms with Crippen LogP contribution in [0.15, 0.2) is 41.2 Å². The molecule has 0 spiro atoms. The number of carbonyl (C=O) groups is 1. The SMILES string of the molecule is Cn1c(=O)c2ccccc2n2c(COC(=O)c3cc(Cl)cc(Cl)c3N)nnc12. The largest absolute Gasteiger partial charge is 0.454 e. The molecule has 4 rings (SSSR count). The maximum atomic E-state index is 12.5. The van der Waals surface area contributed by atoms with Gasteiger partial charge in [-0.25, -0.2) is 4.79 Å². The number of anilines is 1. The molecule has 0 fully saturated rings. The Balaban J connectivity index is 1.74. The van der Waals surface area contributed by atoms with Gasteiger partial charge in [-0.1, -0.05) is 35.3 Å². The predicted molar refractivity (Wildman–Crippen MR) is 106 cm³/mol. The lowest BCUT2D eigenvalue weighted by atomic mass is 10.2. The summed E-state index contributed by atoms with van der Waals surface area (Å²) in [5.41, 5.74) is 6.40. The predicted octanol–water partition coefficient (Wildman–Crippen LogP) is 2.83. The molecular weight excluding hydrogens is 405 g/mol. The minimum absolute atomic E-state index is 0.0589. The number of halogens is 2. The number of rotatable bonds is 3. The molecule has 0 unspecified atom stereocenters. The molecule has 0 aliphatic heterocycles. The standard InChI is InChI=1S/C18H13Cl2N5O3/c1-24-16(26)10-4-2-3-5-13(10)25-14(22-23-18(24)25)8-28-17(27)11-6-9(19)7-12(20)15(11)21/h2-7H,8,21H2,1H3. The zero-order valence-corrected chi connectivity index (χ0v) is 16.0. The van der Waals surface area contributed by atoms with Crippen LogP contribution in [0, 0.1) is 0 Å². The van der Waals surface area contributed by atoms with E-state index >= 15 is 0 Å². The highest BCUT2D eigenvalue weighted by Crippen LogP contribution is 2.28. The number of nitrogens with two attached hydrogens (primary N) is 1. The number of para-hydroxylation sites is 1. The maximum absolute atomic E-state index is 12.5. The van der Waals surface area contributed by atoms with E-state index in [1.807, 2.05) is 0 Å². The van der Waals surface area contributed by atoms with Crippen molar-refractivity contribution in [2.24, 2.45) is 7.05 Å². The molecule has 2 heterocycles. The molecule has 8 nitrogen and oxygen atoms in total. The lowest BCUT2D eigenvalue weighted by Gasteiger charge is -2.10. The van der Waals surface area contributed by atoms with Crippen LogP contribution in [0.3, 0.4) is 0 Å². The molecule has 0 aliphatic carbocycles. The van der Waals surface area contributed by atoms with Crippen LogP contribution in [0.4, 0.5) is 5.69 Å². The molecule has 2 aromatic carbocycles. The number of nitrogens with zero attached hydrogens (tertiary/aromatic N) is 4. The summed E-state index contributed by atoms with van der Waals surface area (Å²) < 4.78 is 8.39. The number of hydrogen-bond donors (Lipinski definition) is 1. The molecule has 0 aliphatic rings. The zero-order chi connectivity index (χ0) is 20.0. The smallest absolute Gasteiger partial charge is 0.340 e. The van der Waals surface area contributed by atoms with Gasteiger partial charge in [0, 0.05) is 12.1 Å². The molecule has 0 atom stereocenters. The number of aromatic nitrogens is 4. The van der Waals surface area contributed by atoms with Gasteiger partial charge in [0.25, 0.3) is 5.56 Å². The fraction of sp³-hybridized carbons (Fsp3) is 0.111. The molecule has 28 heavy (non-hydrogen) atoms. The second kappa shape index (κ2) is 6.81. The Bertz CT molecular complexity index is 1310. The van der Waals surface area contributed by atoms with Crippen LogP contribution in [0.5, 0.6) is 0 Å². The highest BCUT2D eigenvalue weighted by molar-refractivity contribution is 6.37. The third-order valence-electron chi connectivity index (χ3n) is 4.34. The van der Waals surface area contributed by atoms with Crippen LogP contribution in [0.1, 0.15) is 16.2 Å². The minimum Gasteiger partial charge on any atom is -0.454 e. The highest BCUT2D eigenvalue weighted by atomic mass is 35.5. The van der Waals surface area contributed by atoms with Crippen molar-refractivity contribution < 1.29 is 9.53 Å². The van der Waals surface area contributed by atoms with E-state index in [0.717, 1.165) is 0 Å². The van der Waals surface area contributed by atoms with Gasteiger partial charge < -0.3 is 10.5 Å². The lowest BCUT2D eigenvalue weighted by Crippen LogP contribution is -2.20. The number of benzene rings is 2. The summed E-state index contributed by atoms with van der Waals surface area (Å²) in [5, 5.41) is 9.03. The summed E-state index contributed by atoms with van der Waals surface area (Å²) in [7, 11) is 1.60. The van der Waals surface area contributed by atoms with Gasteiger partial charge in [-0.2, -0.15) is 0 Å². The molecule has 0 saturated heterocycles. The molecule has 10 heteroatoms. The molecule has 0 bridgehead atoms.